The van der Waals surface area contributed by atoms with E-state index in [0.717, 1.165) is 3.57 Å². The SMILES string of the molecule is CC(C)(C)OC(=O)N1CC(Nc2nccc(I)c2Cl)C1. The molecular formula is C13H17ClIN3O2. The van der Waals surface area contributed by atoms with Gasteiger partial charge < -0.3 is 15.0 Å². The molecule has 1 aliphatic rings. The Hall–Kier alpha value is -0.760. The summed E-state index contributed by atoms with van der Waals surface area (Å²) in [6.45, 7) is 6.76. The van der Waals surface area contributed by atoms with Crippen LogP contribution in [-0.4, -0.2) is 40.7 Å². The van der Waals surface area contributed by atoms with Gasteiger partial charge in [-0.1, -0.05) is 11.6 Å². The highest BCUT2D eigenvalue weighted by Gasteiger charge is 2.34. The summed E-state index contributed by atoms with van der Waals surface area (Å²) in [7, 11) is 0. The second kappa shape index (κ2) is 5.93. The number of likely N-dealkylation sites (tertiary alicyclic amines) is 1. The van der Waals surface area contributed by atoms with Gasteiger partial charge in [-0.25, -0.2) is 9.78 Å². The number of ether oxygens (including phenoxy) is 1. The van der Waals surface area contributed by atoms with Crippen LogP contribution < -0.4 is 5.32 Å². The van der Waals surface area contributed by atoms with Crippen LogP contribution in [0.2, 0.25) is 5.02 Å². The summed E-state index contributed by atoms with van der Waals surface area (Å²) < 4.78 is 6.25. The molecule has 0 aliphatic carbocycles. The number of nitrogens with zero attached hydrogens (tertiary/aromatic N) is 2. The molecule has 0 radical (unpaired) electrons. The van der Waals surface area contributed by atoms with E-state index >= 15 is 0 Å². The third-order valence-electron chi connectivity index (χ3n) is 2.72. The number of halogens is 2. The molecule has 1 amide bonds. The van der Waals surface area contributed by atoms with Gasteiger partial charge in [-0.15, -0.1) is 0 Å². The molecule has 1 fully saturated rings. The molecule has 110 valence electrons. The van der Waals surface area contributed by atoms with E-state index in [-0.39, 0.29) is 12.1 Å². The van der Waals surface area contributed by atoms with Crippen LogP contribution in [0.4, 0.5) is 10.6 Å². The summed E-state index contributed by atoms with van der Waals surface area (Å²) in [5, 5.41) is 3.85. The fraction of sp³-hybridized carbons (Fsp3) is 0.538. The zero-order valence-electron chi connectivity index (χ0n) is 11.6. The fourth-order valence-corrected chi connectivity index (χ4v) is 2.34. The molecule has 5 nitrogen and oxygen atoms in total. The van der Waals surface area contributed by atoms with Gasteiger partial charge in [-0.2, -0.15) is 0 Å². The smallest absolute Gasteiger partial charge is 0.410 e. The van der Waals surface area contributed by atoms with Crippen LogP contribution in [0.25, 0.3) is 0 Å². The minimum Gasteiger partial charge on any atom is -0.444 e. The fourth-order valence-electron chi connectivity index (χ4n) is 1.76. The number of carbonyl (C=O) groups is 1. The Morgan fingerprint density at radius 2 is 2.20 bits per heavy atom. The first-order chi connectivity index (χ1) is 9.26. The number of rotatable bonds is 2. The van der Waals surface area contributed by atoms with Gasteiger partial charge in [0.2, 0.25) is 0 Å². The maximum atomic E-state index is 11.8. The largest absolute Gasteiger partial charge is 0.444 e. The molecule has 7 heteroatoms. The van der Waals surface area contributed by atoms with E-state index in [1.807, 2.05) is 26.8 Å². The van der Waals surface area contributed by atoms with Crippen molar-refractivity contribution in [2.75, 3.05) is 18.4 Å². The van der Waals surface area contributed by atoms with Crippen LogP contribution >= 0.6 is 34.2 Å². The molecule has 1 saturated heterocycles. The number of hydrogen-bond acceptors (Lipinski definition) is 4. The summed E-state index contributed by atoms with van der Waals surface area (Å²) in [4.78, 5) is 17.7. The van der Waals surface area contributed by atoms with Crippen molar-refractivity contribution in [3.63, 3.8) is 0 Å². The minimum atomic E-state index is -0.462. The van der Waals surface area contributed by atoms with Gasteiger partial charge in [0, 0.05) is 22.9 Å². The average molecular weight is 410 g/mol. The lowest BCUT2D eigenvalue weighted by Crippen LogP contribution is -2.58. The molecule has 0 atom stereocenters. The third kappa shape index (κ3) is 3.88. The molecular weight excluding hydrogens is 393 g/mol. The van der Waals surface area contributed by atoms with Crippen molar-refractivity contribution in [1.29, 1.82) is 0 Å². The Kier molecular flexibility index (Phi) is 4.63. The highest BCUT2D eigenvalue weighted by molar-refractivity contribution is 14.1. The lowest BCUT2D eigenvalue weighted by molar-refractivity contribution is 0.0104. The van der Waals surface area contributed by atoms with E-state index in [0.29, 0.717) is 23.9 Å². The highest BCUT2D eigenvalue weighted by Crippen LogP contribution is 2.26. The van der Waals surface area contributed by atoms with E-state index in [4.69, 9.17) is 16.3 Å². The van der Waals surface area contributed by atoms with Crippen molar-refractivity contribution in [1.82, 2.24) is 9.88 Å². The number of nitrogens with one attached hydrogen (secondary N) is 1. The van der Waals surface area contributed by atoms with Gasteiger partial charge in [0.25, 0.3) is 0 Å². The van der Waals surface area contributed by atoms with Crippen LogP contribution in [0.3, 0.4) is 0 Å². The Morgan fingerprint density at radius 3 is 2.80 bits per heavy atom. The van der Waals surface area contributed by atoms with Crippen LogP contribution in [0.15, 0.2) is 12.3 Å². The molecule has 20 heavy (non-hydrogen) atoms. The molecule has 0 aromatic carbocycles. The molecule has 2 heterocycles. The monoisotopic (exact) mass is 409 g/mol. The number of carbonyl (C=O) groups excluding carboxylic acids is 1. The maximum absolute atomic E-state index is 11.8. The summed E-state index contributed by atoms with van der Waals surface area (Å²) >= 11 is 8.33. The maximum Gasteiger partial charge on any atom is 0.410 e. The van der Waals surface area contributed by atoms with Crippen LogP contribution in [0.1, 0.15) is 20.8 Å². The molecule has 1 aromatic heterocycles. The number of amides is 1. The molecule has 1 aliphatic heterocycles. The second-order valence-corrected chi connectivity index (χ2v) is 7.22. The number of anilines is 1. The molecule has 2 rings (SSSR count). The molecule has 1 N–H and O–H groups in total. The molecule has 0 saturated carbocycles. The van der Waals surface area contributed by atoms with Gasteiger partial charge in [0.05, 0.1) is 11.1 Å². The van der Waals surface area contributed by atoms with Crippen molar-refractivity contribution in [3.05, 3.63) is 20.9 Å². The van der Waals surface area contributed by atoms with Gasteiger partial charge in [0.1, 0.15) is 11.4 Å². The predicted molar refractivity (Wildman–Crippen MR) is 87.2 cm³/mol. The lowest BCUT2D eigenvalue weighted by atomic mass is 10.1. The molecule has 0 unspecified atom stereocenters. The summed E-state index contributed by atoms with van der Waals surface area (Å²) in [5.41, 5.74) is -0.462. The van der Waals surface area contributed by atoms with Gasteiger partial charge in [-0.3, -0.25) is 0 Å². The minimum absolute atomic E-state index is 0.158. The summed E-state index contributed by atoms with van der Waals surface area (Å²) in [5.74, 6) is 0.660. The van der Waals surface area contributed by atoms with Crippen molar-refractivity contribution < 1.29 is 9.53 Å². The van der Waals surface area contributed by atoms with Crippen LogP contribution in [0.5, 0.6) is 0 Å². The van der Waals surface area contributed by atoms with E-state index < -0.39 is 5.60 Å². The van der Waals surface area contributed by atoms with E-state index in [2.05, 4.69) is 32.9 Å². The number of aromatic nitrogens is 1. The zero-order valence-corrected chi connectivity index (χ0v) is 14.5. The third-order valence-corrected chi connectivity index (χ3v) is 4.32. The molecule has 0 spiro atoms. The molecule has 1 aromatic rings. The Morgan fingerprint density at radius 1 is 1.55 bits per heavy atom. The van der Waals surface area contributed by atoms with Crippen molar-refractivity contribution in [2.24, 2.45) is 0 Å². The van der Waals surface area contributed by atoms with Crippen molar-refractivity contribution in [2.45, 2.75) is 32.4 Å². The first-order valence-corrected chi connectivity index (χ1v) is 7.76. The van der Waals surface area contributed by atoms with Crippen molar-refractivity contribution >= 4 is 46.1 Å². The zero-order chi connectivity index (χ0) is 14.9. The first kappa shape index (κ1) is 15.6. The Bertz CT molecular complexity index is 513. The van der Waals surface area contributed by atoms with Crippen LogP contribution in [0, 0.1) is 3.57 Å². The predicted octanol–water partition coefficient (Wildman–Crippen LogP) is 3.37. The topological polar surface area (TPSA) is 54.5 Å². The van der Waals surface area contributed by atoms with Crippen molar-refractivity contribution in [3.8, 4) is 0 Å². The number of hydrogen-bond donors (Lipinski definition) is 1. The van der Waals surface area contributed by atoms with Gasteiger partial charge >= 0.3 is 6.09 Å². The van der Waals surface area contributed by atoms with Gasteiger partial charge in [-0.05, 0) is 49.4 Å². The first-order valence-electron chi connectivity index (χ1n) is 6.31. The van der Waals surface area contributed by atoms with E-state index in [1.165, 1.54) is 0 Å². The molecule has 0 bridgehead atoms. The van der Waals surface area contributed by atoms with E-state index in [9.17, 15) is 4.79 Å². The standard InChI is InChI=1S/C13H17ClIN3O2/c1-13(2,3)20-12(19)18-6-8(7-18)17-11-10(14)9(15)4-5-16-11/h4-5,8H,6-7H2,1-3H3,(H,16,17). The lowest BCUT2D eigenvalue weighted by Gasteiger charge is -2.40. The summed E-state index contributed by atoms with van der Waals surface area (Å²) in [6, 6.07) is 2.01. The second-order valence-electron chi connectivity index (χ2n) is 5.68. The number of pyridine rings is 1. The average Bonchev–Trinajstić information content (AvgIpc) is 2.25. The Balaban J connectivity index is 1.85. The quantitative estimate of drug-likeness (QED) is 0.761. The highest BCUT2D eigenvalue weighted by atomic mass is 127. The van der Waals surface area contributed by atoms with E-state index in [1.54, 1.807) is 11.1 Å². The normalized spacial score (nSPS) is 15.8. The summed E-state index contributed by atoms with van der Waals surface area (Å²) in [6.07, 6.45) is 1.43. The van der Waals surface area contributed by atoms with Gasteiger partial charge in [0.15, 0.2) is 0 Å². The Labute approximate surface area is 137 Å². The van der Waals surface area contributed by atoms with Crippen LogP contribution in [-0.2, 0) is 4.74 Å².